The van der Waals surface area contributed by atoms with Crippen LogP contribution in [0.2, 0.25) is 10.0 Å². The number of rotatable bonds is 6. The molecule has 10 nitrogen and oxygen atoms in total. The summed E-state index contributed by atoms with van der Waals surface area (Å²) in [6, 6.07) is 11.3. The number of nitrogens with one attached hydrogen (secondary N) is 1. The van der Waals surface area contributed by atoms with E-state index >= 15 is 0 Å². The molecule has 0 aliphatic carbocycles. The first-order chi connectivity index (χ1) is 18.6. The van der Waals surface area contributed by atoms with E-state index in [4.69, 9.17) is 27.9 Å². The Morgan fingerprint density at radius 3 is 2.17 bits per heavy atom. The molecule has 0 radical (unpaired) electrons. The van der Waals surface area contributed by atoms with Crippen molar-refractivity contribution in [2.75, 3.05) is 39.0 Å². The second-order valence-electron chi connectivity index (χ2n) is 9.02. The minimum absolute atomic E-state index is 0.00745. The van der Waals surface area contributed by atoms with Crippen molar-refractivity contribution in [3.63, 3.8) is 0 Å². The average Bonchev–Trinajstić information content (AvgIpc) is 2.86. The zero-order valence-corrected chi connectivity index (χ0v) is 24.4. The Bertz CT molecular complexity index is 1670. The van der Waals surface area contributed by atoms with E-state index in [0.29, 0.717) is 21.2 Å². The van der Waals surface area contributed by atoms with E-state index < -0.39 is 44.7 Å². The quantitative estimate of drug-likeness (QED) is 0.377. The van der Waals surface area contributed by atoms with Gasteiger partial charge in [0.05, 0.1) is 35.1 Å². The van der Waals surface area contributed by atoms with Crippen LogP contribution < -0.4 is 5.32 Å². The van der Waals surface area contributed by atoms with Crippen LogP contribution in [0.3, 0.4) is 0 Å². The van der Waals surface area contributed by atoms with Gasteiger partial charge in [0.2, 0.25) is 0 Å². The lowest BCUT2D eigenvalue weighted by atomic mass is 9.99. The zero-order chi connectivity index (χ0) is 29.9. The van der Waals surface area contributed by atoms with Crippen LogP contribution in [-0.2, 0) is 14.5 Å². The molecule has 2 N–H and O–H groups in total. The maximum atomic E-state index is 13.6. The Labute approximate surface area is 241 Å². The SMILES string of the molecule is COC(=O)c1ccc(-c2ccc(Cl)cc2Cl)cc1NC(=O)c1cc(C(=O)N=S(C)(C)=O)c(O)cc1C(=O)N(C)C. The predicted molar refractivity (Wildman–Crippen MR) is 154 cm³/mol. The summed E-state index contributed by atoms with van der Waals surface area (Å²) in [5.41, 5.74) is 0.109. The van der Waals surface area contributed by atoms with Crippen LogP contribution in [0.4, 0.5) is 5.69 Å². The summed E-state index contributed by atoms with van der Waals surface area (Å²) in [6.45, 7) is 0. The van der Waals surface area contributed by atoms with Gasteiger partial charge in [0, 0.05) is 51.9 Å². The molecule has 13 heteroatoms. The smallest absolute Gasteiger partial charge is 0.339 e. The monoisotopic (exact) mass is 605 g/mol. The molecule has 210 valence electrons. The molecule has 0 saturated carbocycles. The first-order valence-corrected chi connectivity index (χ1v) is 14.5. The van der Waals surface area contributed by atoms with Gasteiger partial charge in [-0.2, -0.15) is 4.36 Å². The van der Waals surface area contributed by atoms with Crippen molar-refractivity contribution in [3.8, 4) is 16.9 Å². The Hall–Kier alpha value is -3.93. The molecule has 0 saturated heterocycles. The van der Waals surface area contributed by atoms with Gasteiger partial charge in [0.25, 0.3) is 17.7 Å². The number of hydrogen-bond acceptors (Lipinski definition) is 7. The molecule has 0 atom stereocenters. The van der Waals surface area contributed by atoms with Gasteiger partial charge >= 0.3 is 5.97 Å². The number of phenols is 1. The van der Waals surface area contributed by atoms with E-state index in [2.05, 4.69) is 9.68 Å². The van der Waals surface area contributed by atoms with Crippen LogP contribution in [-0.4, -0.2) is 71.6 Å². The maximum absolute atomic E-state index is 13.6. The number of carbonyl (C=O) groups excluding carboxylic acids is 4. The number of amides is 3. The minimum atomic E-state index is -2.90. The van der Waals surface area contributed by atoms with Crippen molar-refractivity contribution in [1.82, 2.24) is 4.90 Å². The van der Waals surface area contributed by atoms with E-state index in [1.165, 1.54) is 56.8 Å². The lowest BCUT2D eigenvalue weighted by Gasteiger charge is -2.17. The molecule has 3 amide bonds. The number of ether oxygens (including phenoxy) is 1. The van der Waals surface area contributed by atoms with E-state index in [1.54, 1.807) is 18.2 Å². The third-order valence-electron chi connectivity index (χ3n) is 5.47. The van der Waals surface area contributed by atoms with Crippen LogP contribution in [0.1, 0.15) is 41.4 Å². The summed E-state index contributed by atoms with van der Waals surface area (Å²) in [5.74, 6) is -3.97. The van der Waals surface area contributed by atoms with E-state index in [1.807, 2.05) is 0 Å². The first-order valence-electron chi connectivity index (χ1n) is 11.4. The molecular formula is C27H25Cl2N3O7S. The van der Waals surface area contributed by atoms with Crippen LogP contribution in [0.5, 0.6) is 5.75 Å². The van der Waals surface area contributed by atoms with E-state index in [9.17, 15) is 28.5 Å². The molecular weight excluding hydrogens is 581 g/mol. The molecule has 0 aliphatic heterocycles. The van der Waals surface area contributed by atoms with Gasteiger partial charge in [-0.15, -0.1) is 0 Å². The highest BCUT2D eigenvalue weighted by atomic mass is 35.5. The van der Waals surface area contributed by atoms with Gasteiger partial charge in [-0.25, -0.2) is 9.00 Å². The van der Waals surface area contributed by atoms with Crippen LogP contribution in [0.25, 0.3) is 11.1 Å². The fourth-order valence-electron chi connectivity index (χ4n) is 3.63. The molecule has 0 heterocycles. The Morgan fingerprint density at radius 2 is 1.60 bits per heavy atom. The third kappa shape index (κ3) is 6.98. The number of carbonyl (C=O) groups is 4. The summed E-state index contributed by atoms with van der Waals surface area (Å²) in [4.78, 5) is 52.8. The van der Waals surface area contributed by atoms with Gasteiger partial charge in [0.15, 0.2) is 0 Å². The van der Waals surface area contributed by atoms with Crippen molar-refractivity contribution in [2.24, 2.45) is 4.36 Å². The summed E-state index contributed by atoms with van der Waals surface area (Å²) >= 11 is 12.4. The number of hydrogen-bond donors (Lipinski definition) is 2. The van der Waals surface area contributed by atoms with E-state index in [-0.39, 0.29) is 22.4 Å². The number of methoxy groups -OCH3 is 1. The molecule has 0 aromatic heterocycles. The molecule has 0 spiro atoms. The lowest BCUT2D eigenvalue weighted by Crippen LogP contribution is -2.26. The van der Waals surface area contributed by atoms with Gasteiger partial charge in [-0.05, 0) is 42.0 Å². The molecule has 0 bridgehead atoms. The Kier molecular flexibility index (Phi) is 9.24. The van der Waals surface area contributed by atoms with Crippen LogP contribution >= 0.6 is 23.2 Å². The summed E-state index contributed by atoms with van der Waals surface area (Å²) < 4.78 is 20.5. The fourth-order valence-corrected chi connectivity index (χ4v) is 4.65. The maximum Gasteiger partial charge on any atom is 0.339 e. The van der Waals surface area contributed by atoms with Crippen molar-refractivity contribution >= 4 is 62.3 Å². The normalized spacial score (nSPS) is 11.0. The highest BCUT2D eigenvalue weighted by Gasteiger charge is 2.26. The van der Waals surface area contributed by atoms with Crippen molar-refractivity contribution < 1.29 is 33.2 Å². The highest BCUT2D eigenvalue weighted by Crippen LogP contribution is 2.34. The molecule has 0 fully saturated rings. The van der Waals surface area contributed by atoms with Crippen molar-refractivity contribution in [2.45, 2.75) is 0 Å². The van der Waals surface area contributed by atoms with Crippen LogP contribution in [0.15, 0.2) is 52.9 Å². The number of anilines is 1. The topological polar surface area (TPSA) is 142 Å². The predicted octanol–water partition coefficient (Wildman–Crippen LogP) is 4.97. The standard InChI is InChI=1S/C27H25Cl2N3O7S/c1-32(2)26(36)19-13-23(33)20(25(35)31-40(4,5)38)12-18(19)24(34)30-22-10-14(6-8-17(22)27(37)39-3)16-9-7-15(28)11-21(16)29/h6-13,33H,1-5H3,(H,30,34). The fraction of sp³-hybridized carbons (Fsp3) is 0.185. The molecule has 3 aromatic carbocycles. The Balaban J connectivity index is 2.19. The first kappa shape index (κ1) is 30.6. The lowest BCUT2D eigenvalue weighted by molar-refractivity contribution is 0.0601. The molecule has 0 aliphatic rings. The minimum Gasteiger partial charge on any atom is -0.507 e. The Morgan fingerprint density at radius 1 is 0.925 bits per heavy atom. The average molecular weight is 606 g/mol. The molecule has 0 unspecified atom stereocenters. The van der Waals surface area contributed by atoms with Gasteiger partial charge in [-0.3, -0.25) is 14.4 Å². The van der Waals surface area contributed by atoms with Crippen molar-refractivity contribution in [1.29, 1.82) is 0 Å². The molecule has 3 aromatic rings. The largest absolute Gasteiger partial charge is 0.507 e. The number of phenolic OH excluding ortho intramolecular Hbond substituents is 1. The number of benzene rings is 3. The number of halogens is 2. The zero-order valence-electron chi connectivity index (χ0n) is 22.1. The van der Waals surface area contributed by atoms with Crippen LogP contribution in [0, 0.1) is 0 Å². The summed E-state index contributed by atoms with van der Waals surface area (Å²) in [6.07, 6.45) is 2.46. The summed E-state index contributed by atoms with van der Waals surface area (Å²) in [7, 11) is 1.15. The number of esters is 1. The van der Waals surface area contributed by atoms with Gasteiger partial charge < -0.3 is 20.1 Å². The highest BCUT2D eigenvalue weighted by molar-refractivity contribution is 7.92. The van der Waals surface area contributed by atoms with E-state index in [0.717, 1.165) is 12.1 Å². The van der Waals surface area contributed by atoms with Gasteiger partial charge in [-0.1, -0.05) is 35.3 Å². The summed E-state index contributed by atoms with van der Waals surface area (Å²) in [5, 5.41) is 13.8. The third-order valence-corrected chi connectivity index (χ3v) is 6.62. The molecule has 3 rings (SSSR count). The van der Waals surface area contributed by atoms with Crippen molar-refractivity contribution in [3.05, 3.63) is 80.8 Å². The van der Waals surface area contributed by atoms with Gasteiger partial charge in [0.1, 0.15) is 5.75 Å². The number of nitrogens with zero attached hydrogens (tertiary/aromatic N) is 2. The number of aromatic hydroxyl groups is 1. The molecule has 40 heavy (non-hydrogen) atoms. The second-order valence-corrected chi connectivity index (χ2v) is 12.4. The second kappa shape index (κ2) is 12.1.